The lowest BCUT2D eigenvalue weighted by Crippen LogP contribution is -2.40. The summed E-state index contributed by atoms with van der Waals surface area (Å²) in [5, 5.41) is 3.52. The Morgan fingerprint density at radius 2 is 1.64 bits per heavy atom. The summed E-state index contributed by atoms with van der Waals surface area (Å²) in [5.41, 5.74) is 1.10. The fraction of sp³-hybridized carbons (Fsp3) is 0.235. The number of hydrogen-bond donors (Lipinski definition) is 1. The summed E-state index contributed by atoms with van der Waals surface area (Å²) < 4.78 is 5.24. The molecule has 6 nitrogen and oxygen atoms in total. The Kier molecular flexibility index (Phi) is 5.53. The second-order valence-electron chi connectivity index (χ2n) is 5.48. The van der Waals surface area contributed by atoms with Crippen LogP contribution in [0.25, 0.3) is 0 Å². The minimum absolute atomic E-state index is 0.170. The molecule has 0 aliphatic carbocycles. The summed E-state index contributed by atoms with van der Waals surface area (Å²) in [5.74, 6) is -0.571. The molecule has 2 heterocycles. The van der Waals surface area contributed by atoms with Crippen LogP contribution >= 0.6 is 23.2 Å². The van der Waals surface area contributed by atoms with Crippen molar-refractivity contribution in [2.45, 2.75) is 0 Å². The average Bonchev–Trinajstić information content (AvgIpc) is 2.61. The Bertz CT molecular complexity index is 787. The SMILES string of the molecule is O=C(Nc1cc(Cl)cc(Cl)c1)c1cncc(C(=O)N2CCOCC2)c1. The number of amides is 2. The van der Waals surface area contributed by atoms with Crippen molar-refractivity contribution in [3.05, 3.63) is 57.8 Å². The van der Waals surface area contributed by atoms with E-state index < -0.39 is 5.91 Å². The van der Waals surface area contributed by atoms with Crippen molar-refractivity contribution in [3.8, 4) is 0 Å². The molecule has 2 amide bonds. The van der Waals surface area contributed by atoms with Crippen LogP contribution in [0.3, 0.4) is 0 Å². The van der Waals surface area contributed by atoms with Gasteiger partial charge < -0.3 is 15.0 Å². The second kappa shape index (κ2) is 7.82. The average molecular weight is 380 g/mol. The number of carbonyl (C=O) groups excluding carboxylic acids is 2. The largest absolute Gasteiger partial charge is 0.378 e. The van der Waals surface area contributed by atoms with Gasteiger partial charge in [-0.3, -0.25) is 14.6 Å². The first kappa shape index (κ1) is 17.7. The molecule has 1 aromatic heterocycles. The highest BCUT2D eigenvalue weighted by Gasteiger charge is 2.20. The van der Waals surface area contributed by atoms with Crippen molar-refractivity contribution in [2.24, 2.45) is 0 Å². The molecule has 8 heteroatoms. The molecule has 1 aliphatic rings. The lowest BCUT2D eigenvalue weighted by molar-refractivity contribution is 0.0302. The summed E-state index contributed by atoms with van der Waals surface area (Å²) in [7, 11) is 0. The first-order valence-corrected chi connectivity index (χ1v) is 8.38. The van der Waals surface area contributed by atoms with Crippen LogP contribution in [-0.2, 0) is 4.74 Å². The zero-order valence-corrected chi connectivity index (χ0v) is 14.7. The molecule has 1 fully saturated rings. The Morgan fingerprint density at radius 1 is 1.00 bits per heavy atom. The molecule has 1 aromatic carbocycles. The van der Waals surface area contributed by atoms with E-state index in [-0.39, 0.29) is 11.5 Å². The highest BCUT2D eigenvalue weighted by atomic mass is 35.5. The van der Waals surface area contributed by atoms with E-state index in [1.54, 1.807) is 23.1 Å². The summed E-state index contributed by atoms with van der Waals surface area (Å²) >= 11 is 11.8. The molecule has 0 radical (unpaired) electrons. The zero-order chi connectivity index (χ0) is 17.8. The first-order chi connectivity index (χ1) is 12.0. The van der Waals surface area contributed by atoms with Gasteiger partial charge in [0.05, 0.1) is 24.3 Å². The molecule has 1 saturated heterocycles. The number of morpholine rings is 1. The van der Waals surface area contributed by atoms with Crippen molar-refractivity contribution in [1.82, 2.24) is 9.88 Å². The smallest absolute Gasteiger partial charge is 0.257 e. The second-order valence-corrected chi connectivity index (χ2v) is 6.35. The molecule has 1 N–H and O–H groups in total. The fourth-order valence-corrected chi connectivity index (χ4v) is 2.99. The number of benzene rings is 1. The molecule has 3 rings (SSSR count). The molecule has 0 atom stereocenters. The van der Waals surface area contributed by atoms with E-state index in [0.717, 1.165) is 0 Å². The Labute approximate surface area is 154 Å². The zero-order valence-electron chi connectivity index (χ0n) is 13.2. The maximum Gasteiger partial charge on any atom is 0.257 e. The molecule has 130 valence electrons. The Morgan fingerprint density at radius 3 is 2.32 bits per heavy atom. The number of aromatic nitrogens is 1. The molecule has 2 aromatic rings. The molecule has 1 aliphatic heterocycles. The van der Waals surface area contributed by atoms with E-state index in [1.165, 1.54) is 18.5 Å². The van der Waals surface area contributed by atoms with E-state index >= 15 is 0 Å². The number of carbonyl (C=O) groups is 2. The molecule has 0 spiro atoms. The van der Waals surface area contributed by atoms with Gasteiger partial charge in [-0.1, -0.05) is 23.2 Å². The van der Waals surface area contributed by atoms with Crippen LogP contribution in [0.1, 0.15) is 20.7 Å². The molecule has 25 heavy (non-hydrogen) atoms. The van der Waals surface area contributed by atoms with Gasteiger partial charge >= 0.3 is 0 Å². The summed E-state index contributed by atoms with van der Waals surface area (Å²) in [4.78, 5) is 30.6. The number of pyridine rings is 1. The number of hydrogen-bond acceptors (Lipinski definition) is 4. The summed E-state index contributed by atoms with van der Waals surface area (Å²) in [6.07, 6.45) is 2.85. The van der Waals surface area contributed by atoms with Gasteiger partial charge in [-0.15, -0.1) is 0 Å². The predicted octanol–water partition coefficient (Wildman–Crippen LogP) is 3.11. The highest BCUT2D eigenvalue weighted by Crippen LogP contribution is 2.23. The molecule has 0 bridgehead atoms. The summed E-state index contributed by atoms with van der Waals surface area (Å²) in [6.45, 7) is 2.07. The monoisotopic (exact) mass is 379 g/mol. The number of rotatable bonds is 3. The van der Waals surface area contributed by atoms with Gasteiger partial charge in [0.15, 0.2) is 0 Å². The Balaban J connectivity index is 1.76. The number of nitrogens with zero attached hydrogens (tertiary/aromatic N) is 2. The van der Waals surface area contributed by atoms with Crippen molar-refractivity contribution in [3.63, 3.8) is 0 Å². The van der Waals surface area contributed by atoms with Crippen molar-refractivity contribution >= 4 is 40.7 Å². The lowest BCUT2D eigenvalue weighted by Gasteiger charge is -2.26. The van der Waals surface area contributed by atoms with Crippen LogP contribution in [0.4, 0.5) is 5.69 Å². The third-order valence-electron chi connectivity index (χ3n) is 3.67. The third-order valence-corrected chi connectivity index (χ3v) is 4.10. The normalized spacial score (nSPS) is 14.2. The quantitative estimate of drug-likeness (QED) is 0.888. The van der Waals surface area contributed by atoms with Crippen LogP contribution in [0.15, 0.2) is 36.7 Å². The number of nitrogens with one attached hydrogen (secondary N) is 1. The van der Waals surface area contributed by atoms with Gasteiger partial charge in [0.25, 0.3) is 11.8 Å². The van der Waals surface area contributed by atoms with Crippen LogP contribution in [0.2, 0.25) is 10.0 Å². The van der Waals surface area contributed by atoms with Crippen LogP contribution in [0.5, 0.6) is 0 Å². The van der Waals surface area contributed by atoms with E-state index in [4.69, 9.17) is 27.9 Å². The van der Waals surface area contributed by atoms with Gasteiger partial charge in [0, 0.05) is 41.2 Å². The molecular weight excluding hydrogens is 365 g/mol. The minimum atomic E-state index is -0.400. The van der Waals surface area contributed by atoms with E-state index in [9.17, 15) is 9.59 Å². The highest BCUT2D eigenvalue weighted by molar-refractivity contribution is 6.35. The van der Waals surface area contributed by atoms with Crippen LogP contribution < -0.4 is 5.32 Å². The fourth-order valence-electron chi connectivity index (χ4n) is 2.46. The molecular formula is C17H15Cl2N3O3. The standard InChI is InChI=1S/C17H15Cl2N3O3/c18-13-6-14(19)8-15(7-13)21-16(23)11-5-12(10-20-9-11)17(24)22-1-3-25-4-2-22/h5-10H,1-4H2,(H,21,23). The van der Waals surface area contributed by atoms with Gasteiger partial charge in [0.2, 0.25) is 0 Å². The third kappa shape index (κ3) is 4.48. The first-order valence-electron chi connectivity index (χ1n) is 7.62. The minimum Gasteiger partial charge on any atom is -0.378 e. The van der Waals surface area contributed by atoms with Crippen molar-refractivity contribution in [2.75, 3.05) is 31.6 Å². The number of halogens is 2. The molecule has 0 unspecified atom stereocenters. The maximum absolute atomic E-state index is 12.5. The maximum atomic E-state index is 12.5. The Hall–Kier alpha value is -2.15. The van der Waals surface area contributed by atoms with Crippen LogP contribution in [0, 0.1) is 0 Å². The van der Waals surface area contributed by atoms with Crippen LogP contribution in [-0.4, -0.2) is 48.0 Å². The lowest BCUT2D eigenvalue weighted by atomic mass is 10.1. The van der Waals surface area contributed by atoms with Crippen molar-refractivity contribution < 1.29 is 14.3 Å². The van der Waals surface area contributed by atoms with Gasteiger partial charge in [-0.25, -0.2) is 0 Å². The molecule has 0 saturated carbocycles. The topological polar surface area (TPSA) is 71.5 Å². The summed E-state index contributed by atoms with van der Waals surface area (Å²) in [6, 6.07) is 6.26. The van der Waals surface area contributed by atoms with E-state index in [1.807, 2.05) is 0 Å². The van der Waals surface area contributed by atoms with Gasteiger partial charge in [-0.2, -0.15) is 0 Å². The van der Waals surface area contributed by atoms with Crippen molar-refractivity contribution in [1.29, 1.82) is 0 Å². The number of anilines is 1. The predicted molar refractivity (Wildman–Crippen MR) is 95.4 cm³/mol. The number of ether oxygens (including phenoxy) is 1. The van der Waals surface area contributed by atoms with Gasteiger partial charge in [-0.05, 0) is 24.3 Å². The van der Waals surface area contributed by atoms with E-state index in [0.29, 0.717) is 47.6 Å². The van der Waals surface area contributed by atoms with E-state index in [2.05, 4.69) is 10.3 Å². The van der Waals surface area contributed by atoms with Gasteiger partial charge in [0.1, 0.15) is 0 Å².